The molecule has 0 aliphatic carbocycles. The molecule has 0 bridgehead atoms. The largest absolute Gasteiger partial charge is 0.493 e. The lowest BCUT2D eigenvalue weighted by atomic mass is 9.97. The zero-order valence-electron chi connectivity index (χ0n) is 21.3. The van der Waals surface area contributed by atoms with Gasteiger partial charge in [-0.2, -0.15) is 0 Å². The molecule has 0 atom stereocenters. The molecule has 3 aromatic carbocycles. The van der Waals surface area contributed by atoms with Crippen LogP contribution in [0.25, 0.3) is 16.5 Å². The highest BCUT2D eigenvalue weighted by atomic mass is 16.5. The van der Waals surface area contributed by atoms with Gasteiger partial charge < -0.3 is 23.7 Å². The van der Waals surface area contributed by atoms with Crippen molar-refractivity contribution in [2.75, 3.05) is 35.5 Å². The summed E-state index contributed by atoms with van der Waals surface area (Å²) >= 11 is 0. The topological polar surface area (TPSA) is 85.2 Å². The first kappa shape index (κ1) is 25.4. The number of carbonyl (C=O) groups is 2. The molecule has 4 aromatic rings. The number of rotatable bonds is 9. The standard InChI is InChI=1S/C29H27NO7/c1-17(27(31)19-14-25(35-4)28(37-6)26(15-19)36-5)21-16-30(22-10-8-7-9-20(21)22)29(32)18-11-12-23(33-2)24(13-18)34-3/h7-16H,1H2,2-6H3. The number of para-hydroxylation sites is 1. The van der Waals surface area contributed by atoms with Crippen LogP contribution in [0.4, 0.5) is 0 Å². The van der Waals surface area contributed by atoms with Crippen molar-refractivity contribution in [3.05, 3.63) is 84.1 Å². The normalized spacial score (nSPS) is 10.6. The molecule has 8 nitrogen and oxygen atoms in total. The van der Waals surface area contributed by atoms with E-state index >= 15 is 0 Å². The van der Waals surface area contributed by atoms with Crippen molar-refractivity contribution in [3.63, 3.8) is 0 Å². The van der Waals surface area contributed by atoms with Gasteiger partial charge in [-0.15, -0.1) is 0 Å². The number of hydrogen-bond donors (Lipinski definition) is 0. The molecule has 0 radical (unpaired) electrons. The van der Waals surface area contributed by atoms with Crippen LogP contribution in [0.1, 0.15) is 26.3 Å². The van der Waals surface area contributed by atoms with E-state index < -0.39 is 0 Å². The number of ether oxygens (including phenoxy) is 5. The summed E-state index contributed by atoms with van der Waals surface area (Å²) in [6.07, 6.45) is 1.63. The lowest BCUT2D eigenvalue weighted by Crippen LogP contribution is -2.11. The fourth-order valence-electron chi connectivity index (χ4n) is 4.21. The Labute approximate surface area is 214 Å². The molecule has 0 saturated heterocycles. The first-order chi connectivity index (χ1) is 17.9. The van der Waals surface area contributed by atoms with E-state index in [1.54, 1.807) is 36.5 Å². The maximum atomic E-state index is 13.6. The molecule has 0 aliphatic rings. The summed E-state index contributed by atoms with van der Waals surface area (Å²) in [7, 11) is 7.49. The van der Waals surface area contributed by atoms with Crippen LogP contribution >= 0.6 is 0 Å². The number of fused-ring (bicyclic) bond motifs is 1. The quantitative estimate of drug-likeness (QED) is 0.228. The molecule has 0 fully saturated rings. The molecular weight excluding hydrogens is 474 g/mol. The number of Topliss-reactive ketones (excluding diaryl/α,β-unsaturated/α-hetero) is 1. The Bertz CT molecular complexity index is 1490. The van der Waals surface area contributed by atoms with Crippen LogP contribution in [-0.4, -0.2) is 51.8 Å². The zero-order valence-corrected chi connectivity index (χ0v) is 21.3. The third-order valence-corrected chi connectivity index (χ3v) is 6.09. The van der Waals surface area contributed by atoms with E-state index in [0.717, 1.165) is 0 Å². The van der Waals surface area contributed by atoms with E-state index in [-0.39, 0.29) is 17.3 Å². The van der Waals surface area contributed by atoms with Gasteiger partial charge in [-0.1, -0.05) is 24.8 Å². The number of methoxy groups -OCH3 is 5. The van der Waals surface area contributed by atoms with Crippen LogP contribution in [0.5, 0.6) is 28.7 Å². The highest BCUT2D eigenvalue weighted by molar-refractivity contribution is 6.31. The van der Waals surface area contributed by atoms with Crippen molar-refractivity contribution in [2.24, 2.45) is 0 Å². The predicted molar refractivity (Wildman–Crippen MR) is 141 cm³/mol. The molecular formula is C29H27NO7. The minimum absolute atomic E-state index is 0.212. The number of carbonyl (C=O) groups excluding carboxylic acids is 2. The van der Waals surface area contributed by atoms with Gasteiger partial charge in [0.25, 0.3) is 5.91 Å². The van der Waals surface area contributed by atoms with Gasteiger partial charge in [0.2, 0.25) is 5.75 Å². The molecule has 8 heteroatoms. The summed E-state index contributed by atoms with van der Waals surface area (Å²) in [6, 6.07) is 15.4. The van der Waals surface area contributed by atoms with Gasteiger partial charge in [0.1, 0.15) is 0 Å². The monoisotopic (exact) mass is 501 g/mol. The van der Waals surface area contributed by atoms with Crippen LogP contribution < -0.4 is 23.7 Å². The Hall–Kier alpha value is -4.72. The third kappa shape index (κ3) is 4.49. The number of allylic oxidation sites excluding steroid dienone is 1. The number of hydrogen-bond acceptors (Lipinski definition) is 7. The first-order valence-electron chi connectivity index (χ1n) is 11.3. The van der Waals surface area contributed by atoms with Crippen molar-refractivity contribution in [1.82, 2.24) is 4.57 Å². The Balaban J connectivity index is 1.79. The number of aromatic nitrogens is 1. The van der Waals surface area contributed by atoms with E-state index in [4.69, 9.17) is 23.7 Å². The van der Waals surface area contributed by atoms with E-state index in [9.17, 15) is 9.59 Å². The minimum Gasteiger partial charge on any atom is -0.493 e. The van der Waals surface area contributed by atoms with Gasteiger partial charge in [-0.05, 0) is 36.4 Å². The number of ketones is 1. The smallest absolute Gasteiger partial charge is 0.262 e. The molecule has 0 aliphatic heterocycles. The second kappa shape index (κ2) is 10.5. The summed E-state index contributed by atoms with van der Waals surface area (Å²) < 4.78 is 28.3. The second-order valence-electron chi connectivity index (χ2n) is 8.03. The Morgan fingerprint density at radius 2 is 1.30 bits per heavy atom. The van der Waals surface area contributed by atoms with Gasteiger partial charge >= 0.3 is 0 Å². The average Bonchev–Trinajstić information content (AvgIpc) is 3.34. The molecule has 1 heterocycles. The van der Waals surface area contributed by atoms with Crippen LogP contribution in [0.2, 0.25) is 0 Å². The molecule has 0 unspecified atom stereocenters. The summed E-state index contributed by atoms with van der Waals surface area (Å²) in [4.78, 5) is 27.1. The van der Waals surface area contributed by atoms with Crippen molar-refractivity contribution in [1.29, 1.82) is 0 Å². The van der Waals surface area contributed by atoms with Gasteiger partial charge in [-0.3, -0.25) is 14.2 Å². The Kier molecular flexibility index (Phi) is 7.20. The van der Waals surface area contributed by atoms with Gasteiger partial charge in [0, 0.05) is 33.8 Å². The van der Waals surface area contributed by atoms with Gasteiger partial charge in [0.15, 0.2) is 28.8 Å². The van der Waals surface area contributed by atoms with E-state index in [1.807, 2.05) is 24.3 Å². The highest BCUT2D eigenvalue weighted by Crippen LogP contribution is 2.40. The zero-order chi connectivity index (χ0) is 26.7. The summed E-state index contributed by atoms with van der Waals surface area (Å²) in [5.74, 6) is 1.39. The maximum absolute atomic E-state index is 13.6. The molecule has 0 spiro atoms. The van der Waals surface area contributed by atoms with E-state index in [0.29, 0.717) is 56.3 Å². The minimum atomic E-state index is -0.347. The highest BCUT2D eigenvalue weighted by Gasteiger charge is 2.23. The molecule has 0 amide bonds. The molecule has 190 valence electrons. The summed E-state index contributed by atoms with van der Waals surface area (Å²) in [5.41, 5.74) is 2.08. The Morgan fingerprint density at radius 3 is 1.89 bits per heavy atom. The Morgan fingerprint density at radius 1 is 0.703 bits per heavy atom. The molecule has 1 aromatic heterocycles. The number of nitrogens with zero attached hydrogens (tertiary/aromatic N) is 1. The van der Waals surface area contributed by atoms with E-state index in [2.05, 4.69) is 6.58 Å². The number of benzene rings is 3. The molecule has 4 rings (SSSR count). The predicted octanol–water partition coefficient (Wildman–Crippen LogP) is 5.27. The lowest BCUT2D eigenvalue weighted by Gasteiger charge is -2.14. The van der Waals surface area contributed by atoms with Crippen LogP contribution in [0.15, 0.2) is 67.4 Å². The van der Waals surface area contributed by atoms with Crippen LogP contribution in [0, 0.1) is 0 Å². The molecule has 37 heavy (non-hydrogen) atoms. The van der Waals surface area contributed by atoms with Crippen LogP contribution in [-0.2, 0) is 0 Å². The van der Waals surface area contributed by atoms with Gasteiger partial charge in [0.05, 0.1) is 41.1 Å². The summed E-state index contributed by atoms with van der Waals surface area (Å²) in [6.45, 7) is 4.08. The van der Waals surface area contributed by atoms with Crippen molar-refractivity contribution in [2.45, 2.75) is 0 Å². The molecule has 0 N–H and O–H groups in total. The summed E-state index contributed by atoms with van der Waals surface area (Å²) in [5, 5.41) is 0.710. The molecule has 0 saturated carbocycles. The van der Waals surface area contributed by atoms with E-state index in [1.165, 1.54) is 40.1 Å². The van der Waals surface area contributed by atoms with Crippen molar-refractivity contribution in [3.8, 4) is 28.7 Å². The fourth-order valence-corrected chi connectivity index (χ4v) is 4.21. The lowest BCUT2D eigenvalue weighted by molar-refractivity contribution is 0.0963. The second-order valence-corrected chi connectivity index (χ2v) is 8.03. The van der Waals surface area contributed by atoms with Crippen molar-refractivity contribution < 1.29 is 33.3 Å². The third-order valence-electron chi connectivity index (χ3n) is 6.09. The van der Waals surface area contributed by atoms with Gasteiger partial charge in [-0.25, -0.2) is 0 Å². The maximum Gasteiger partial charge on any atom is 0.262 e. The van der Waals surface area contributed by atoms with Crippen LogP contribution in [0.3, 0.4) is 0 Å². The first-order valence-corrected chi connectivity index (χ1v) is 11.3. The fraction of sp³-hybridized carbons (Fsp3) is 0.172. The average molecular weight is 502 g/mol. The van der Waals surface area contributed by atoms with Crippen molar-refractivity contribution >= 4 is 28.2 Å². The SMILES string of the molecule is C=C(C(=O)c1cc(OC)c(OC)c(OC)c1)c1cn(C(=O)c2ccc(OC)c(OC)c2)c2ccccc12.